The minimum Gasteiger partial charge on any atom is -0.497 e. The molecule has 172 valence electrons. The zero-order chi connectivity index (χ0) is 23.7. The molecular weight excluding hydrogens is 456 g/mol. The maximum Gasteiger partial charge on any atom is 0.246 e. The van der Waals surface area contributed by atoms with E-state index in [4.69, 9.17) is 4.74 Å². The van der Waals surface area contributed by atoms with Crippen molar-refractivity contribution in [2.24, 2.45) is 0 Å². The van der Waals surface area contributed by atoms with E-state index in [9.17, 15) is 4.79 Å². The van der Waals surface area contributed by atoms with Gasteiger partial charge in [0.2, 0.25) is 5.91 Å². The molecule has 34 heavy (non-hydrogen) atoms. The van der Waals surface area contributed by atoms with Crippen LogP contribution < -0.4 is 15.0 Å². The van der Waals surface area contributed by atoms with Crippen LogP contribution >= 0.6 is 11.8 Å². The summed E-state index contributed by atoms with van der Waals surface area (Å²) in [6.07, 6.45) is 1.62. The van der Waals surface area contributed by atoms with Crippen LogP contribution in [0, 0.1) is 11.6 Å². The maximum absolute atomic E-state index is 15.1. The van der Waals surface area contributed by atoms with Crippen molar-refractivity contribution in [3.63, 3.8) is 0 Å². The average molecular weight is 478 g/mol. The van der Waals surface area contributed by atoms with Crippen molar-refractivity contribution in [1.82, 2.24) is 4.98 Å². The molecule has 0 unspecified atom stereocenters. The Morgan fingerprint density at radius 3 is 2.59 bits per heavy atom. The van der Waals surface area contributed by atoms with Crippen molar-refractivity contribution in [1.29, 1.82) is 0 Å². The third kappa shape index (κ3) is 4.28. The Bertz CT molecular complexity index is 1360. The molecule has 5 nitrogen and oxygen atoms in total. The number of nitrogens with zero attached hydrogens (tertiary/aromatic N) is 2. The summed E-state index contributed by atoms with van der Waals surface area (Å²) < 4.78 is 35.4. The number of pyridine rings is 1. The fourth-order valence-electron chi connectivity index (χ4n) is 3.98. The highest BCUT2D eigenvalue weighted by Gasteiger charge is 2.28. The second-order valence-corrected chi connectivity index (χ2v) is 8.93. The van der Waals surface area contributed by atoms with Crippen LogP contribution in [0.1, 0.15) is 11.1 Å². The van der Waals surface area contributed by atoms with Crippen molar-refractivity contribution in [3.8, 4) is 5.75 Å². The van der Waals surface area contributed by atoms with Gasteiger partial charge in [0.25, 0.3) is 0 Å². The number of aromatic nitrogens is 1. The Hall–Kier alpha value is -3.65. The first-order valence-corrected chi connectivity index (χ1v) is 11.7. The van der Waals surface area contributed by atoms with Crippen molar-refractivity contribution in [2.75, 3.05) is 23.9 Å². The van der Waals surface area contributed by atoms with Crippen LogP contribution in [0.2, 0.25) is 0 Å². The lowest BCUT2D eigenvalue weighted by Crippen LogP contribution is -2.40. The second kappa shape index (κ2) is 9.30. The average Bonchev–Trinajstić information content (AvgIpc) is 2.86. The molecule has 1 N–H and O–H groups in total. The number of ether oxygens (including phenoxy) is 1. The second-order valence-electron chi connectivity index (χ2n) is 7.88. The van der Waals surface area contributed by atoms with E-state index in [-0.39, 0.29) is 24.6 Å². The minimum absolute atomic E-state index is 0.0184. The fourth-order valence-corrected chi connectivity index (χ4v) is 4.88. The molecule has 0 aliphatic carbocycles. The van der Waals surface area contributed by atoms with Crippen molar-refractivity contribution in [3.05, 3.63) is 89.6 Å². The number of carbonyl (C=O) groups is 1. The van der Waals surface area contributed by atoms with Crippen LogP contribution in [0.5, 0.6) is 5.75 Å². The summed E-state index contributed by atoms with van der Waals surface area (Å²) in [7, 11) is 1.56. The lowest BCUT2D eigenvalue weighted by molar-refractivity contribution is -0.117. The zero-order valence-corrected chi connectivity index (χ0v) is 19.2. The van der Waals surface area contributed by atoms with Gasteiger partial charge in [-0.1, -0.05) is 30.3 Å². The van der Waals surface area contributed by atoms with Crippen LogP contribution in [0.4, 0.5) is 20.2 Å². The molecule has 1 aliphatic rings. The van der Waals surface area contributed by atoms with Crippen molar-refractivity contribution in [2.45, 2.75) is 17.2 Å². The van der Waals surface area contributed by atoms with E-state index in [1.807, 2.05) is 30.3 Å². The Labute approximate surface area is 199 Å². The van der Waals surface area contributed by atoms with Crippen molar-refractivity contribution < 1.29 is 18.3 Å². The van der Waals surface area contributed by atoms with Gasteiger partial charge in [0, 0.05) is 27.7 Å². The van der Waals surface area contributed by atoms with Crippen LogP contribution in [0.3, 0.4) is 0 Å². The quantitative estimate of drug-likeness (QED) is 0.357. The van der Waals surface area contributed by atoms with Gasteiger partial charge in [-0.25, -0.2) is 8.78 Å². The summed E-state index contributed by atoms with van der Waals surface area (Å²) in [6, 6.07) is 17.7. The number of amides is 1. The highest BCUT2D eigenvalue weighted by Crippen LogP contribution is 2.38. The van der Waals surface area contributed by atoms with E-state index in [0.717, 1.165) is 5.56 Å². The largest absolute Gasteiger partial charge is 0.497 e. The number of anilines is 2. The first-order chi connectivity index (χ1) is 16.5. The highest BCUT2D eigenvalue weighted by molar-refractivity contribution is 7.98. The summed E-state index contributed by atoms with van der Waals surface area (Å²) in [4.78, 5) is 19.2. The number of thioether (sulfide) groups is 1. The summed E-state index contributed by atoms with van der Waals surface area (Å²) in [5.74, 6) is -0.406. The third-order valence-corrected chi connectivity index (χ3v) is 6.77. The minimum atomic E-state index is -0.677. The van der Waals surface area contributed by atoms with Gasteiger partial charge in [0.15, 0.2) is 0 Å². The lowest BCUT2D eigenvalue weighted by Gasteiger charge is -2.31. The van der Waals surface area contributed by atoms with Crippen LogP contribution in [0.25, 0.3) is 10.9 Å². The summed E-state index contributed by atoms with van der Waals surface area (Å²) in [5, 5.41) is 3.73. The predicted molar refractivity (Wildman–Crippen MR) is 130 cm³/mol. The first-order valence-electron chi connectivity index (χ1n) is 10.7. The fraction of sp³-hybridized carbons (Fsp3) is 0.154. The summed E-state index contributed by atoms with van der Waals surface area (Å²) in [5.41, 5.74) is 2.72. The molecule has 0 radical (unpaired) electrons. The third-order valence-electron chi connectivity index (χ3n) is 5.73. The molecule has 1 aromatic heterocycles. The molecular formula is C26H21F2N3O2S. The van der Waals surface area contributed by atoms with E-state index in [0.29, 0.717) is 38.7 Å². The van der Waals surface area contributed by atoms with Gasteiger partial charge in [-0.3, -0.25) is 9.78 Å². The van der Waals surface area contributed by atoms with Crippen LogP contribution in [-0.4, -0.2) is 24.5 Å². The number of fused-ring (bicyclic) bond motifs is 3. The molecule has 3 aromatic carbocycles. The molecule has 5 rings (SSSR count). The van der Waals surface area contributed by atoms with E-state index in [1.54, 1.807) is 31.5 Å². The summed E-state index contributed by atoms with van der Waals surface area (Å²) in [6.45, 7) is -0.204. The lowest BCUT2D eigenvalue weighted by atomic mass is 10.1. The molecule has 0 bridgehead atoms. The number of carbonyl (C=O) groups excluding carboxylic acids is 1. The number of hydrogen-bond donors (Lipinski definition) is 1. The Balaban J connectivity index is 1.46. The van der Waals surface area contributed by atoms with Gasteiger partial charge in [0.1, 0.15) is 17.4 Å². The normalized spacial score (nSPS) is 13.0. The molecule has 1 aliphatic heterocycles. The predicted octanol–water partition coefficient (Wildman–Crippen LogP) is 5.77. The SMILES string of the molecule is COc1ccc2c3c(cnc2c1)NCC(=O)N3Cc1c(F)cc(SCc2ccccc2)cc1F. The van der Waals surface area contributed by atoms with Gasteiger partial charge in [-0.2, -0.15) is 0 Å². The van der Waals surface area contributed by atoms with E-state index < -0.39 is 11.6 Å². The molecule has 0 spiro atoms. The number of benzene rings is 3. The monoisotopic (exact) mass is 477 g/mol. The first kappa shape index (κ1) is 22.2. The number of methoxy groups -OCH3 is 1. The maximum atomic E-state index is 15.1. The standard InChI is InChI=1S/C26H21F2N3O2S/c1-33-17-7-8-19-23(9-17)29-12-24-26(19)31(25(32)13-30-24)14-20-21(27)10-18(11-22(20)28)34-15-16-5-3-2-4-6-16/h2-12,30H,13-15H2,1H3. The molecule has 0 fully saturated rings. The molecule has 0 saturated carbocycles. The number of rotatable bonds is 6. The Morgan fingerprint density at radius 2 is 1.85 bits per heavy atom. The topological polar surface area (TPSA) is 54.5 Å². The van der Waals surface area contributed by atoms with E-state index in [1.165, 1.54) is 28.8 Å². The molecule has 0 atom stereocenters. The Kier molecular flexibility index (Phi) is 6.06. The number of hydrogen-bond acceptors (Lipinski definition) is 5. The highest BCUT2D eigenvalue weighted by atomic mass is 32.2. The molecule has 0 saturated heterocycles. The number of nitrogens with one attached hydrogen (secondary N) is 1. The van der Waals surface area contributed by atoms with Gasteiger partial charge in [-0.15, -0.1) is 11.8 Å². The van der Waals surface area contributed by atoms with Crippen LogP contribution in [0.15, 0.2) is 71.8 Å². The van der Waals surface area contributed by atoms with Crippen LogP contribution in [-0.2, 0) is 17.1 Å². The zero-order valence-electron chi connectivity index (χ0n) is 18.3. The van der Waals surface area contributed by atoms with Gasteiger partial charge >= 0.3 is 0 Å². The van der Waals surface area contributed by atoms with E-state index >= 15 is 8.78 Å². The van der Waals surface area contributed by atoms with Gasteiger partial charge in [-0.05, 0) is 29.8 Å². The number of halogens is 2. The molecule has 8 heteroatoms. The van der Waals surface area contributed by atoms with E-state index in [2.05, 4.69) is 10.3 Å². The Morgan fingerprint density at radius 1 is 1.09 bits per heavy atom. The summed E-state index contributed by atoms with van der Waals surface area (Å²) >= 11 is 1.36. The molecule has 2 heterocycles. The van der Waals surface area contributed by atoms with Gasteiger partial charge < -0.3 is 15.0 Å². The molecule has 4 aromatic rings. The smallest absolute Gasteiger partial charge is 0.246 e. The van der Waals surface area contributed by atoms with Crippen molar-refractivity contribution >= 4 is 39.9 Å². The van der Waals surface area contributed by atoms with Gasteiger partial charge in [0.05, 0.1) is 43.3 Å². The molecule has 1 amide bonds.